The van der Waals surface area contributed by atoms with Gasteiger partial charge in [-0.1, -0.05) is 72.8 Å². The van der Waals surface area contributed by atoms with E-state index in [1.807, 2.05) is 36.4 Å². The molecule has 0 saturated heterocycles. The highest BCUT2D eigenvalue weighted by Crippen LogP contribution is 2.39. The Morgan fingerprint density at radius 1 is 0.222 bits per heavy atom. The van der Waals surface area contributed by atoms with E-state index in [0.29, 0.717) is 0 Å². The summed E-state index contributed by atoms with van der Waals surface area (Å²) in [5.41, 5.74) is 12.2. The minimum absolute atomic E-state index is 0.894. The molecule has 0 saturated carbocycles. The Labute approximate surface area is 257 Å². The summed E-state index contributed by atoms with van der Waals surface area (Å²) in [5.74, 6) is 0. The van der Waals surface area contributed by atoms with Crippen LogP contribution in [0.5, 0.6) is 0 Å². The number of furan rings is 3. The van der Waals surface area contributed by atoms with Crippen molar-refractivity contribution in [3.63, 3.8) is 0 Å². The highest BCUT2D eigenvalue weighted by Gasteiger charge is 2.14. The van der Waals surface area contributed by atoms with Crippen molar-refractivity contribution in [2.75, 3.05) is 0 Å². The zero-order valence-corrected chi connectivity index (χ0v) is 24.1. The van der Waals surface area contributed by atoms with Crippen LogP contribution in [0.4, 0.5) is 0 Å². The Kier molecular flexibility index (Phi) is 5.00. The first-order valence-electron chi connectivity index (χ1n) is 15.2. The molecule has 0 atom stereocenters. The summed E-state index contributed by atoms with van der Waals surface area (Å²) in [6, 6.07) is 51.1. The van der Waals surface area contributed by atoms with Crippen LogP contribution in [0.15, 0.2) is 159 Å². The second kappa shape index (κ2) is 9.22. The zero-order valence-electron chi connectivity index (χ0n) is 24.1. The van der Waals surface area contributed by atoms with Crippen LogP contribution >= 0.6 is 0 Å². The molecule has 3 heteroatoms. The molecule has 0 bridgehead atoms. The van der Waals surface area contributed by atoms with Gasteiger partial charge in [0.05, 0.1) is 0 Å². The molecular formula is C42H24O3. The number of para-hydroxylation sites is 3. The number of hydrogen-bond acceptors (Lipinski definition) is 3. The summed E-state index contributed by atoms with van der Waals surface area (Å²) in [4.78, 5) is 0. The largest absolute Gasteiger partial charge is 0.456 e. The summed E-state index contributed by atoms with van der Waals surface area (Å²) < 4.78 is 18.4. The summed E-state index contributed by atoms with van der Waals surface area (Å²) in [6.07, 6.45) is 0. The molecule has 0 spiro atoms. The molecule has 7 aromatic carbocycles. The lowest BCUT2D eigenvalue weighted by atomic mass is 9.92. The lowest BCUT2D eigenvalue weighted by molar-refractivity contribution is 0.668. The number of fused-ring (bicyclic) bond motifs is 9. The van der Waals surface area contributed by atoms with Gasteiger partial charge >= 0.3 is 0 Å². The Hall–Kier alpha value is -6.06. The van der Waals surface area contributed by atoms with E-state index in [9.17, 15) is 0 Å². The van der Waals surface area contributed by atoms with Gasteiger partial charge < -0.3 is 13.3 Å². The monoisotopic (exact) mass is 576 g/mol. The van der Waals surface area contributed by atoms with Gasteiger partial charge in [0.1, 0.15) is 33.5 Å². The quantitative estimate of drug-likeness (QED) is 0.210. The molecule has 210 valence electrons. The fraction of sp³-hybridized carbons (Fsp3) is 0. The Bertz CT molecular complexity index is 2450. The van der Waals surface area contributed by atoms with Crippen molar-refractivity contribution < 1.29 is 13.3 Å². The molecular weight excluding hydrogens is 552 g/mol. The average Bonchev–Trinajstić information content (AvgIpc) is 3.78. The third-order valence-electron chi connectivity index (χ3n) is 9.06. The summed E-state index contributed by atoms with van der Waals surface area (Å²) >= 11 is 0. The van der Waals surface area contributed by atoms with Gasteiger partial charge in [-0.3, -0.25) is 0 Å². The van der Waals surface area contributed by atoms with Crippen molar-refractivity contribution in [1.29, 1.82) is 0 Å². The van der Waals surface area contributed by atoms with Gasteiger partial charge in [-0.15, -0.1) is 0 Å². The highest BCUT2D eigenvalue weighted by molar-refractivity contribution is 6.09. The normalized spacial score (nSPS) is 12.0. The van der Waals surface area contributed by atoms with Crippen LogP contribution in [0.1, 0.15) is 0 Å². The van der Waals surface area contributed by atoms with Gasteiger partial charge in [0.15, 0.2) is 0 Å². The molecule has 0 N–H and O–H groups in total. The van der Waals surface area contributed by atoms with Crippen LogP contribution in [0.2, 0.25) is 0 Å². The minimum atomic E-state index is 0.894. The summed E-state index contributed by atoms with van der Waals surface area (Å²) in [5, 5.41) is 6.73. The van der Waals surface area contributed by atoms with Crippen LogP contribution < -0.4 is 0 Å². The molecule has 0 aliphatic heterocycles. The lowest BCUT2D eigenvalue weighted by Crippen LogP contribution is -1.87. The summed E-state index contributed by atoms with van der Waals surface area (Å²) in [7, 11) is 0. The Morgan fingerprint density at radius 3 is 0.844 bits per heavy atom. The Balaban J connectivity index is 1.21. The van der Waals surface area contributed by atoms with E-state index in [2.05, 4.69) is 109 Å². The van der Waals surface area contributed by atoms with E-state index in [4.69, 9.17) is 13.3 Å². The van der Waals surface area contributed by atoms with Crippen molar-refractivity contribution in [2.45, 2.75) is 0 Å². The van der Waals surface area contributed by atoms with Crippen molar-refractivity contribution >= 4 is 65.8 Å². The van der Waals surface area contributed by atoms with Crippen LogP contribution in [-0.2, 0) is 0 Å². The molecule has 45 heavy (non-hydrogen) atoms. The van der Waals surface area contributed by atoms with Crippen molar-refractivity contribution in [2.24, 2.45) is 0 Å². The van der Waals surface area contributed by atoms with Crippen molar-refractivity contribution in [3.05, 3.63) is 146 Å². The van der Waals surface area contributed by atoms with Gasteiger partial charge in [0.25, 0.3) is 0 Å². The number of rotatable bonds is 3. The molecule has 0 amide bonds. The molecule has 0 unspecified atom stereocenters. The molecule has 0 aliphatic carbocycles. The maximum atomic E-state index is 6.15. The van der Waals surface area contributed by atoms with E-state index >= 15 is 0 Å². The molecule has 10 rings (SSSR count). The van der Waals surface area contributed by atoms with E-state index in [-0.39, 0.29) is 0 Å². The molecule has 3 nitrogen and oxygen atoms in total. The number of hydrogen-bond donors (Lipinski definition) is 0. The van der Waals surface area contributed by atoms with Gasteiger partial charge in [-0.2, -0.15) is 0 Å². The first-order valence-corrected chi connectivity index (χ1v) is 15.2. The highest BCUT2D eigenvalue weighted by atomic mass is 16.3. The molecule has 3 aromatic heterocycles. The topological polar surface area (TPSA) is 39.4 Å². The SMILES string of the molecule is c1ccc2c(c1)oc1ccc(-c3cc(-c4ccc5oc6ccccc6c5c4)cc(-c4ccc5oc6ccccc6c5c4)c3)cc12. The van der Waals surface area contributed by atoms with Crippen molar-refractivity contribution in [1.82, 2.24) is 0 Å². The van der Waals surface area contributed by atoms with Crippen LogP contribution in [-0.4, -0.2) is 0 Å². The third-order valence-corrected chi connectivity index (χ3v) is 9.06. The molecule has 0 radical (unpaired) electrons. The molecule has 3 heterocycles. The molecule has 0 aliphatic rings. The first kappa shape index (κ1) is 24.4. The van der Waals surface area contributed by atoms with Gasteiger partial charge in [-0.05, 0) is 106 Å². The second-order valence-corrected chi connectivity index (χ2v) is 11.7. The maximum Gasteiger partial charge on any atom is 0.135 e. The Morgan fingerprint density at radius 2 is 0.511 bits per heavy atom. The smallest absolute Gasteiger partial charge is 0.135 e. The van der Waals surface area contributed by atoms with E-state index < -0.39 is 0 Å². The van der Waals surface area contributed by atoms with Gasteiger partial charge in [-0.25, -0.2) is 0 Å². The van der Waals surface area contributed by atoms with Gasteiger partial charge in [0, 0.05) is 32.3 Å². The fourth-order valence-corrected chi connectivity index (χ4v) is 6.84. The average molecular weight is 577 g/mol. The lowest BCUT2D eigenvalue weighted by Gasteiger charge is -2.12. The predicted molar refractivity (Wildman–Crippen MR) is 185 cm³/mol. The maximum absolute atomic E-state index is 6.15. The molecule has 0 fully saturated rings. The van der Waals surface area contributed by atoms with Crippen molar-refractivity contribution in [3.8, 4) is 33.4 Å². The minimum Gasteiger partial charge on any atom is -0.456 e. The second-order valence-electron chi connectivity index (χ2n) is 11.7. The predicted octanol–water partition coefficient (Wildman–Crippen LogP) is 12.4. The fourth-order valence-electron chi connectivity index (χ4n) is 6.84. The van der Waals surface area contributed by atoms with Gasteiger partial charge in [0.2, 0.25) is 0 Å². The summed E-state index contributed by atoms with van der Waals surface area (Å²) in [6.45, 7) is 0. The third kappa shape index (κ3) is 3.77. The van der Waals surface area contributed by atoms with E-state index in [1.165, 1.54) is 0 Å². The van der Waals surface area contributed by atoms with E-state index in [0.717, 1.165) is 99.2 Å². The number of benzene rings is 7. The van der Waals surface area contributed by atoms with Crippen LogP contribution in [0.25, 0.3) is 99.2 Å². The van der Waals surface area contributed by atoms with Crippen LogP contribution in [0.3, 0.4) is 0 Å². The zero-order chi connectivity index (χ0) is 29.5. The van der Waals surface area contributed by atoms with Crippen LogP contribution in [0, 0.1) is 0 Å². The first-order chi connectivity index (χ1) is 22.2. The standard InChI is InChI=1S/C42H24O3/c1-4-10-37-31(7-1)34-22-25(13-16-40(34)43-37)28-19-29(26-14-17-41-35(23-26)32-8-2-5-11-38(32)44-41)21-30(20-28)27-15-18-42-36(24-27)33-9-3-6-12-39(33)45-42/h1-24H. The van der Waals surface area contributed by atoms with E-state index in [1.54, 1.807) is 0 Å². The molecule has 10 aromatic rings.